The van der Waals surface area contributed by atoms with Gasteiger partial charge >= 0.3 is 0 Å². The zero-order chi connectivity index (χ0) is 18.3. The summed E-state index contributed by atoms with van der Waals surface area (Å²) in [6, 6.07) is 0. The summed E-state index contributed by atoms with van der Waals surface area (Å²) in [5.74, 6) is 1.08. The van der Waals surface area contributed by atoms with Crippen molar-refractivity contribution in [2.45, 2.75) is 37.6 Å². The zero-order valence-corrected chi connectivity index (χ0v) is 17.3. The molecule has 26 heavy (non-hydrogen) atoms. The van der Waals surface area contributed by atoms with Crippen molar-refractivity contribution in [3.8, 4) is 0 Å². The Bertz CT molecular complexity index is 800. The van der Waals surface area contributed by atoms with E-state index in [4.69, 9.17) is 14.7 Å². The van der Waals surface area contributed by atoms with E-state index >= 15 is 0 Å². The molecule has 0 radical (unpaired) electrons. The number of aliphatic hydroxyl groups excluding tert-OH is 1. The van der Waals surface area contributed by atoms with Gasteiger partial charge in [0, 0.05) is 44.0 Å². The molecule has 142 valence electrons. The third-order valence-electron chi connectivity index (χ3n) is 5.16. The molecule has 6 nitrogen and oxygen atoms in total. The van der Waals surface area contributed by atoms with E-state index in [2.05, 4.69) is 23.6 Å². The second-order valence-electron chi connectivity index (χ2n) is 7.50. The first-order chi connectivity index (χ1) is 12.5. The molecule has 0 atom stereocenters. The van der Waals surface area contributed by atoms with Crippen molar-refractivity contribution in [2.24, 2.45) is 0 Å². The molecule has 0 aliphatic carbocycles. The van der Waals surface area contributed by atoms with Crippen LogP contribution in [-0.2, 0) is 17.8 Å². The molecule has 0 aromatic carbocycles. The van der Waals surface area contributed by atoms with Gasteiger partial charge in [-0.25, -0.2) is 9.97 Å². The second-order valence-corrected chi connectivity index (χ2v) is 9.35. The Morgan fingerprint density at radius 3 is 2.69 bits per heavy atom. The van der Waals surface area contributed by atoms with Crippen LogP contribution in [0, 0.1) is 0 Å². The standard InChI is InChI=1S/C18H26N4O2S2/c1-18(2)10-12-13(11-24-18)26-16-14(12)15(19-17(20-16)25-3)22-6-4-21(5-7-22)8-9-23/h23H,4-11H2,1-3H3. The minimum absolute atomic E-state index is 0.143. The van der Waals surface area contributed by atoms with Crippen molar-refractivity contribution in [2.75, 3.05) is 50.5 Å². The molecule has 0 saturated carbocycles. The van der Waals surface area contributed by atoms with Gasteiger partial charge in [-0.05, 0) is 25.7 Å². The highest BCUT2D eigenvalue weighted by molar-refractivity contribution is 7.98. The molecule has 0 spiro atoms. The number of β-amino-alcohol motifs (C(OH)–C–C–N with tert-alkyl or cyclic N) is 1. The van der Waals surface area contributed by atoms with Gasteiger partial charge in [0.25, 0.3) is 0 Å². The van der Waals surface area contributed by atoms with Gasteiger partial charge in [0.15, 0.2) is 5.16 Å². The number of nitrogens with zero attached hydrogens (tertiary/aromatic N) is 4. The van der Waals surface area contributed by atoms with Crippen LogP contribution in [0.1, 0.15) is 24.3 Å². The third-order valence-corrected chi connectivity index (χ3v) is 6.81. The Balaban J connectivity index is 1.75. The highest BCUT2D eigenvalue weighted by Crippen LogP contribution is 2.42. The average molecular weight is 395 g/mol. The monoisotopic (exact) mass is 394 g/mol. The van der Waals surface area contributed by atoms with Crippen LogP contribution >= 0.6 is 23.1 Å². The number of hydrogen-bond acceptors (Lipinski definition) is 8. The van der Waals surface area contributed by atoms with Gasteiger partial charge in [0.05, 0.1) is 24.2 Å². The first-order valence-electron chi connectivity index (χ1n) is 9.09. The lowest BCUT2D eigenvalue weighted by atomic mass is 9.94. The van der Waals surface area contributed by atoms with Crippen molar-refractivity contribution in [1.82, 2.24) is 14.9 Å². The van der Waals surface area contributed by atoms with Crippen LogP contribution in [0.5, 0.6) is 0 Å². The molecule has 0 amide bonds. The van der Waals surface area contributed by atoms with Crippen LogP contribution in [0.4, 0.5) is 5.82 Å². The first kappa shape index (κ1) is 18.4. The van der Waals surface area contributed by atoms with Crippen molar-refractivity contribution < 1.29 is 9.84 Å². The van der Waals surface area contributed by atoms with E-state index in [1.807, 2.05) is 6.26 Å². The highest BCUT2D eigenvalue weighted by atomic mass is 32.2. The first-order valence-corrected chi connectivity index (χ1v) is 11.1. The average Bonchev–Trinajstić information content (AvgIpc) is 2.98. The van der Waals surface area contributed by atoms with Crippen LogP contribution < -0.4 is 4.90 Å². The summed E-state index contributed by atoms with van der Waals surface area (Å²) in [5, 5.41) is 11.2. The van der Waals surface area contributed by atoms with Crippen molar-refractivity contribution >= 4 is 39.1 Å². The van der Waals surface area contributed by atoms with Crippen molar-refractivity contribution in [3.05, 3.63) is 10.4 Å². The van der Waals surface area contributed by atoms with E-state index in [1.165, 1.54) is 15.8 Å². The molecule has 2 aliphatic rings. The molecule has 8 heteroatoms. The molecular weight excluding hydrogens is 368 g/mol. The van der Waals surface area contributed by atoms with Crippen LogP contribution in [-0.4, -0.2) is 71.2 Å². The molecule has 1 saturated heterocycles. The summed E-state index contributed by atoms with van der Waals surface area (Å²) in [4.78, 5) is 16.8. The van der Waals surface area contributed by atoms with Gasteiger partial charge in [-0.2, -0.15) is 0 Å². The molecule has 1 fully saturated rings. The Morgan fingerprint density at radius 2 is 2.00 bits per heavy atom. The number of thiophene rings is 1. The Hall–Kier alpha value is -0.930. The molecular formula is C18H26N4O2S2. The summed E-state index contributed by atoms with van der Waals surface area (Å²) in [5.41, 5.74) is 1.23. The van der Waals surface area contributed by atoms with E-state index in [-0.39, 0.29) is 12.2 Å². The Labute approximate surface area is 162 Å². The number of rotatable bonds is 4. The van der Waals surface area contributed by atoms with E-state index in [1.54, 1.807) is 23.1 Å². The SMILES string of the molecule is CSc1nc(N2CCN(CCO)CC2)c2c3c(sc2n1)COC(C)(C)C3. The highest BCUT2D eigenvalue weighted by Gasteiger charge is 2.32. The van der Waals surface area contributed by atoms with Gasteiger partial charge in [-0.3, -0.25) is 4.90 Å². The maximum Gasteiger partial charge on any atom is 0.190 e. The predicted octanol–water partition coefficient (Wildman–Crippen LogP) is 2.38. The van der Waals surface area contributed by atoms with E-state index in [0.717, 1.165) is 54.9 Å². The Morgan fingerprint density at radius 1 is 1.23 bits per heavy atom. The molecule has 2 aromatic rings. The zero-order valence-electron chi connectivity index (χ0n) is 15.6. The molecule has 4 heterocycles. The summed E-state index contributed by atoms with van der Waals surface area (Å²) in [6.07, 6.45) is 2.94. The number of hydrogen-bond donors (Lipinski definition) is 1. The quantitative estimate of drug-likeness (QED) is 0.631. The molecule has 0 bridgehead atoms. The molecule has 2 aliphatic heterocycles. The molecule has 0 unspecified atom stereocenters. The number of ether oxygens (including phenoxy) is 1. The van der Waals surface area contributed by atoms with Gasteiger partial charge in [0.2, 0.25) is 0 Å². The molecule has 2 aromatic heterocycles. The van der Waals surface area contributed by atoms with E-state index < -0.39 is 0 Å². The van der Waals surface area contributed by atoms with E-state index in [0.29, 0.717) is 6.61 Å². The van der Waals surface area contributed by atoms with Crippen molar-refractivity contribution in [3.63, 3.8) is 0 Å². The third kappa shape index (κ3) is 3.45. The lowest BCUT2D eigenvalue weighted by Crippen LogP contribution is -2.47. The fraction of sp³-hybridized carbons (Fsp3) is 0.667. The van der Waals surface area contributed by atoms with Gasteiger partial charge in [-0.1, -0.05) is 11.8 Å². The lowest BCUT2D eigenvalue weighted by molar-refractivity contribution is -0.0379. The number of aromatic nitrogens is 2. The number of fused-ring (bicyclic) bond motifs is 3. The van der Waals surface area contributed by atoms with Crippen LogP contribution in [0.2, 0.25) is 0 Å². The summed E-state index contributed by atoms with van der Waals surface area (Å²) in [6.45, 7) is 9.75. The van der Waals surface area contributed by atoms with Gasteiger partial charge in [0.1, 0.15) is 10.6 Å². The van der Waals surface area contributed by atoms with Crippen molar-refractivity contribution in [1.29, 1.82) is 0 Å². The molecule has 4 rings (SSSR count). The van der Waals surface area contributed by atoms with Gasteiger partial charge < -0.3 is 14.7 Å². The summed E-state index contributed by atoms with van der Waals surface area (Å²) in [7, 11) is 0. The maximum atomic E-state index is 9.18. The van der Waals surface area contributed by atoms with Crippen LogP contribution in [0.25, 0.3) is 10.2 Å². The minimum Gasteiger partial charge on any atom is -0.395 e. The van der Waals surface area contributed by atoms with E-state index in [9.17, 15) is 5.11 Å². The van der Waals surface area contributed by atoms with Crippen LogP contribution in [0.3, 0.4) is 0 Å². The number of aliphatic hydroxyl groups is 1. The summed E-state index contributed by atoms with van der Waals surface area (Å²) >= 11 is 3.36. The summed E-state index contributed by atoms with van der Waals surface area (Å²) < 4.78 is 6.02. The minimum atomic E-state index is -0.143. The van der Waals surface area contributed by atoms with Crippen LogP contribution in [0.15, 0.2) is 5.16 Å². The maximum absolute atomic E-state index is 9.18. The fourth-order valence-electron chi connectivity index (χ4n) is 3.75. The predicted molar refractivity (Wildman–Crippen MR) is 108 cm³/mol. The fourth-order valence-corrected chi connectivity index (χ4v) is 5.27. The Kier molecular flexibility index (Phi) is 5.13. The number of anilines is 1. The normalized spacial score (nSPS) is 20.5. The number of piperazine rings is 1. The smallest absolute Gasteiger partial charge is 0.190 e. The topological polar surface area (TPSA) is 61.7 Å². The van der Waals surface area contributed by atoms with Gasteiger partial charge in [-0.15, -0.1) is 11.3 Å². The molecule has 1 N–H and O–H groups in total. The number of thioether (sulfide) groups is 1. The largest absolute Gasteiger partial charge is 0.395 e. The second kappa shape index (κ2) is 7.24. The lowest BCUT2D eigenvalue weighted by Gasteiger charge is -2.36.